The number of nitrogens with zero attached hydrogens (tertiary/aromatic N) is 4. The van der Waals surface area contributed by atoms with Crippen LogP contribution >= 0.6 is 0 Å². The molecule has 2 aromatic carbocycles. The Morgan fingerprint density at radius 2 is 1.97 bits per heavy atom. The lowest BCUT2D eigenvalue weighted by molar-refractivity contribution is -0.144. The molecule has 0 fully saturated rings. The summed E-state index contributed by atoms with van der Waals surface area (Å²) in [5, 5.41) is 20.1. The quantitative estimate of drug-likeness (QED) is 0.411. The van der Waals surface area contributed by atoms with Gasteiger partial charge in [0.05, 0.1) is 17.9 Å². The number of carbonyl (C=O) groups is 4. The number of tetrazole rings is 1. The Bertz CT molecular complexity index is 1270. The molecule has 1 aliphatic heterocycles. The lowest BCUT2D eigenvalue weighted by Crippen LogP contribution is -2.41. The number of hydrogen-bond donors (Lipinski definition) is 3. The predicted octanol–water partition coefficient (Wildman–Crippen LogP) is 1.37. The highest BCUT2D eigenvalue weighted by Crippen LogP contribution is 2.21. The highest BCUT2D eigenvalue weighted by molar-refractivity contribution is 6.10. The zero-order chi connectivity index (χ0) is 24.8. The molecule has 0 bridgehead atoms. The number of anilines is 2. The van der Waals surface area contributed by atoms with Gasteiger partial charge in [0.25, 0.3) is 5.91 Å². The van der Waals surface area contributed by atoms with Gasteiger partial charge in [-0.2, -0.15) is 4.80 Å². The Balaban J connectivity index is 1.34. The Morgan fingerprint density at radius 1 is 1.14 bits per heavy atom. The molecular weight excluding hydrogens is 454 g/mol. The fourth-order valence-electron chi connectivity index (χ4n) is 3.50. The number of ether oxygens (including phenoxy) is 1. The highest BCUT2D eigenvalue weighted by Gasteiger charge is 2.27. The summed E-state index contributed by atoms with van der Waals surface area (Å²) in [6, 6.07) is 12.7. The molecule has 12 nitrogen and oxygen atoms in total. The summed E-state index contributed by atoms with van der Waals surface area (Å²) in [5.74, 6) is -1.27. The molecular formula is C23H23N7O5. The molecule has 1 aromatic heterocycles. The van der Waals surface area contributed by atoms with Gasteiger partial charge in [-0.05, 0) is 42.8 Å². The topological polar surface area (TPSA) is 157 Å². The van der Waals surface area contributed by atoms with Crippen LogP contribution in [0, 0.1) is 0 Å². The SMILES string of the molecule is CCOC(=O)Cn1nnc(-c2cccc(NC(=O)CC[C@H]3NC(=O)c4ccccc4NC3=O)c2)n1. The monoisotopic (exact) mass is 477 g/mol. The Kier molecular flexibility index (Phi) is 7.10. The molecule has 1 atom stereocenters. The number of para-hydroxylation sites is 1. The van der Waals surface area contributed by atoms with Crippen molar-refractivity contribution in [3.8, 4) is 11.4 Å². The fraction of sp³-hybridized carbons (Fsp3) is 0.261. The van der Waals surface area contributed by atoms with Crippen molar-refractivity contribution < 1.29 is 23.9 Å². The number of hydrogen-bond acceptors (Lipinski definition) is 8. The van der Waals surface area contributed by atoms with Crippen LogP contribution in [0.3, 0.4) is 0 Å². The van der Waals surface area contributed by atoms with Crippen LogP contribution in [-0.2, 0) is 25.7 Å². The molecule has 0 unspecified atom stereocenters. The third-order valence-electron chi connectivity index (χ3n) is 5.14. The minimum absolute atomic E-state index is 0.00686. The van der Waals surface area contributed by atoms with Gasteiger partial charge < -0.3 is 20.7 Å². The van der Waals surface area contributed by atoms with Gasteiger partial charge in [-0.25, -0.2) is 4.79 Å². The molecule has 180 valence electrons. The molecule has 3 N–H and O–H groups in total. The van der Waals surface area contributed by atoms with Crippen molar-refractivity contribution in [1.29, 1.82) is 0 Å². The second-order valence-electron chi connectivity index (χ2n) is 7.68. The van der Waals surface area contributed by atoms with Crippen molar-refractivity contribution in [2.24, 2.45) is 0 Å². The Labute approximate surface area is 200 Å². The lowest BCUT2D eigenvalue weighted by atomic mass is 10.1. The number of amides is 3. The van der Waals surface area contributed by atoms with Crippen molar-refractivity contribution in [3.63, 3.8) is 0 Å². The van der Waals surface area contributed by atoms with Gasteiger partial charge in [-0.1, -0.05) is 24.3 Å². The summed E-state index contributed by atoms with van der Waals surface area (Å²) in [6.45, 7) is 1.81. The van der Waals surface area contributed by atoms with Gasteiger partial charge in [-0.15, -0.1) is 10.2 Å². The molecule has 0 saturated carbocycles. The van der Waals surface area contributed by atoms with Crippen molar-refractivity contribution in [3.05, 3.63) is 54.1 Å². The number of esters is 1. The smallest absolute Gasteiger partial charge is 0.329 e. The second kappa shape index (κ2) is 10.5. The minimum Gasteiger partial charge on any atom is -0.465 e. The van der Waals surface area contributed by atoms with Crippen LogP contribution in [0.5, 0.6) is 0 Å². The van der Waals surface area contributed by atoms with Crippen molar-refractivity contribution in [2.45, 2.75) is 32.4 Å². The van der Waals surface area contributed by atoms with E-state index in [-0.39, 0.29) is 49.5 Å². The van der Waals surface area contributed by atoms with E-state index in [1.54, 1.807) is 55.5 Å². The molecule has 35 heavy (non-hydrogen) atoms. The maximum atomic E-state index is 12.5. The summed E-state index contributed by atoms with van der Waals surface area (Å²) in [6.07, 6.45) is 0.133. The van der Waals surface area contributed by atoms with Crippen LogP contribution in [-0.4, -0.2) is 56.5 Å². The first-order chi connectivity index (χ1) is 16.9. The summed E-state index contributed by atoms with van der Waals surface area (Å²) < 4.78 is 4.86. The number of benzene rings is 2. The van der Waals surface area contributed by atoms with E-state index in [4.69, 9.17) is 4.74 Å². The number of rotatable bonds is 8. The first-order valence-corrected chi connectivity index (χ1v) is 11.0. The first kappa shape index (κ1) is 23.5. The number of carbonyl (C=O) groups excluding carboxylic acids is 4. The maximum Gasteiger partial charge on any atom is 0.329 e. The summed E-state index contributed by atoms with van der Waals surface area (Å²) in [5.41, 5.74) is 1.89. The molecule has 2 heterocycles. The van der Waals surface area contributed by atoms with E-state index >= 15 is 0 Å². The minimum atomic E-state index is -0.842. The van der Waals surface area contributed by atoms with E-state index in [9.17, 15) is 19.2 Å². The van der Waals surface area contributed by atoms with Crippen LogP contribution in [0.1, 0.15) is 30.1 Å². The van der Waals surface area contributed by atoms with Crippen LogP contribution in [0.15, 0.2) is 48.5 Å². The van der Waals surface area contributed by atoms with Crippen molar-refractivity contribution in [2.75, 3.05) is 17.2 Å². The van der Waals surface area contributed by atoms with Gasteiger partial charge >= 0.3 is 5.97 Å². The van der Waals surface area contributed by atoms with Gasteiger partial charge in [-0.3, -0.25) is 14.4 Å². The molecule has 3 aromatic rings. The van der Waals surface area contributed by atoms with Crippen LogP contribution < -0.4 is 16.0 Å². The van der Waals surface area contributed by atoms with E-state index in [0.29, 0.717) is 22.5 Å². The van der Waals surface area contributed by atoms with Gasteiger partial charge in [0.15, 0.2) is 6.54 Å². The van der Waals surface area contributed by atoms with E-state index in [2.05, 4.69) is 31.4 Å². The summed E-state index contributed by atoms with van der Waals surface area (Å²) in [7, 11) is 0. The molecule has 1 aliphatic rings. The summed E-state index contributed by atoms with van der Waals surface area (Å²) in [4.78, 5) is 50.1. The largest absolute Gasteiger partial charge is 0.465 e. The van der Waals surface area contributed by atoms with Gasteiger partial charge in [0, 0.05) is 17.7 Å². The third-order valence-corrected chi connectivity index (χ3v) is 5.14. The maximum absolute atomic E-state index is 12.5. The average Bonchev–Trinajstić information content (AvgIpc) is 3.26. The van der Waals surface area contributed by atoms with Gasteiger partial charge in [0.2, 0.25) is 17.6 Å². The van der Waals surface area contributed by atoms with E-state index in [1.165, 1.54) is 0 Å². The van der Waals surface area contributed by atoms with Crippen LogP contribution in [0.25, 0.3) is 11.4 Å². The number of nitrogens with one attached hydrogen (secondary N) is 3. The molecule has 0 radical (unpaired) electrons. The molecule has 0 aliphatic carbocycles. The zero-order valence-electron chi connectivity index (χ0n) is 18.9. The molecule has 3 amide bonds. The highest BCUT2D eigenvalue weighted by atomic mass is 16.5. The van der Waals surface area contributed by atoms with E-state index in [0.717, 1.165) is 4.80 Å². The first-order valence-electron chi connectivity index (χ1n) is 11.0. The lowest BCUT2D eigenvalue weighted by Gasteiger charge is -2.14. The average molecular weight is 477 g/mol. The molecule has 12 heteroatoms. The third kappa shape index (κ3) is 5.85. The zero-order valence-corrected chi connectivity index (χ0v) is 18.9. The molecule has 4 rings (SSSR count). The second-order valence-corrected chi connectivity index (χ2v) is 7.68. The standard InChI is InChI=1S/C23H23N7O5/c1-2-35-20(32)13-30-28-21(27-29-30)14-6-5-7-15(12-14)24-19(31)11-10-18-23(34)25-17-9-4-3-8-16(17)22(33)26-18/h3-9,12,18H,2,10-11,13H2,1H3,(H,24,31)(H,25,34)(H,26,33)/t18-/m1/s1. The van der Waals surface area contributed by atoms with Crippen LogP contribution in [0.2, 0.25) is 0 Å². The Hall–Kier alpha value is -4.61. The normalized spacial score (nSPS) is 14.8. The predicted molar refractivity (Wildman–Crippen MR) is 124 cm³/mol. The molecule has 0 spiro atoms. The number of aromatic nitrogens is 4. The summed E-state index contributed by atoms with van der Waals surface area (Å²) >= 11 is 0. The van der Waals surface area contributed by atoms with Crippen molar-refractivity contribution >= 4 is 35.1 Å². The van der Waals surface area contributed by atoms with E-state index in [1.807, 2.05) is 0 Å². The molecule has 0 saturated heterocycles. The van der Waals surface area contributed by atoms with Crippen molar-refractivity contribution in [1.82, 2.24) is 25.5 Å². The fourth-order valence-corrected chi connectivity index (χ4v) is 3.50. The number of fused-ring (bicyclic) bond motifs is 1. The van der Waals surface area contributed by atoms with Crippen LogP contribution in [0.4, 0.5) is 11.4 Å². The Morgan fingerprint density at radius 3 is 2.80 bits per heavy atom. The van der Waals surface area contributed by atoms with Gasteiger partial charge in [0.1, 0.15) is 6.04 Å². The van der Waals surface area contributed by atoms with E-state index < -0.39 is 12.0 Å².